The van der Waals surface area contributed by atoms with Gasteiger partial charge in [0.15, 0.2) is 0 Å². The van der Waals surface area contributed by atoms with Gasteiger partial charge in [0.25, 0.3) is 5.91 Å². The van der Waals surface area contributed by atoms with E-state index in [1.807, 2.05) is 38.1 Å². The number of carbonyl (C=O) groups is 1. The number of nitrogens with zero attached hydrogens (tertiary/aromatic N) is 1. The Balaban J connectivity index is 2.45. The van der Waals surface area contributed by atoms with Crippen molar-refractivity contribution in [3.8, 4) is 11.1 Å². The molecule has 0 aliphatic heterocycles. The minimum atomic E-state index is -0.277. The highest BCUT2D eigenvalue weighted by molar-refractivity contribution is 6.00. The van der Waals surface area contributed by atoms with Crippen LogP contribution in [0.5, 0.6) is 0 Å². The van der Waals surface area contributed by atoms with Gasteiger partial charge >= 0.3 is 0 Å². The third kappa shape index (κ3) is 2.87. The van der Waals surface area contributed by atoms with Crippen LogP contribution >= 0.6 is 0 Å². The maximum atomic E-state index is 13.0. The van der Waals surface area contributed by atoms with Crippen LogP contribution in [0.15, 0.2) is 48.5 Å². The van der Waals surface area contributed by atoms with Crippen molar-refractivity contribution in [3.05, 3.63) is 59.9 Å². The molecule has 0 aliphatic carbocycles. The zero-order valence-corrected chi connectivity index (χ0v) is 11.8. The van der Waals surface area contributed by atoms with Crippen LogP contribution < -0.4 is 0 Å². The van der Waals surface area contributed by atoms with Crippen molar-refractivity contribution in [1.82, 2.24) is 4.90 Å². The summed E-state index contributed by atoms with van der Waals surface area (Å²) in [6, 6.07) is 13.7. The number of rotatable bonds is 4. The van der Waals surface area contributed by atoms with E-state index in [-0.39, 0.29) is 11.7 Å². The van der Waals surface area contributed by atoms with Crippen LogP contribution in [-0.2, 0) is 0 Å². The Morgan fingerprint density at radius 3 is 2.20 bits per heavy atom. The fourth-order valence-corrected chi connectivity index (χ4v) is 2.23. The zero-order valence-electron chi connectivity index (χ0n) is 11.8. The second-order valence-corrected chi connectivity index (χ2v) is 4.53. The van der Waals surface area contributed by atoms with Gasteiger partial charge in [-0.15, -0.1) is 0 Å². The van der Waals surface area contributed by atoms with E-state index < -0.39 is 0 Å². The third-order valence-corrected chi connectivity index (χ3v) is 3.36. The predicted octanol–water partition coefficient (Wildman–Crippen LogP) is 3.97. The molecule has 0 fully saturated rings. The molecule has 0 N–H and O–H groups in total. The molecular weight excluding hydrogens is 253 g/mol. The minimum absolute atomic E-state index is 0.00919. The molecule has 0 heterocycles. The van der Waals surface area contributed by atoms with Gasteiger partial charge in [-0.2, -0.15) is 0 Å². The number of halogens is 1. The number of carbonyl (C=O) groups excluding carboxylic acids is 1. The van der Waals surface area contributed by atoms with Gasteiger partial charge in [0.05, 0.1) is 0 Å². The summed E-state index contributed by atoms with van der Waals surface area (Å²) >= 11 is 0. The van der Waals surface area contributed by atoms with Gasteiger partial charge in [0.2, 0.25) is 0 Å². The fraction of sp³-hybridized carbons (Fsp3) is 0.235. The van der Waals surface area contributed by atoms with E-state index in [9.17, 15) is 9.18 Å². The quantitative estimate of drug-likeness (QED) is 0.823. The molecule has 0 bridgehead atoms. The van der Waals surface area contributed by atoms with Gasteiger partial charge in [-0.1, -0.05) is 30.3 Å². The Morgan fingerprint density at radius 1 is 1.00 bits per heavy atom. The van der Waals surface area contributed by atoms with Crippen molar-refractivity contribution in [1.29, 1.82) is 0 Å². The molecule has 2 rings (SSSR count). The largest absolute Gasteiger partial charge is 0.339 e. The van der Waals surface area contributed by atoms with E-state index in [0.717, 1.165) is 11.1 Å². The first-order chi connectivity index (χ1) is 9.67. The molecule has 0 saturated carbocycles. The standard InChI is InChI=1S/C17H18FNO/c1-3-19(4-2)17(20)16-8-6-5-7-15(16)13-9-11-14(18)12-10-13/h5-12H,3-4H2,1-2H3. The lowest BCUT2D eigenvalue weighted by molar-refractivity contribution is 0.0774. The van der Waals surface area contributed by atoms with Gasteiger partial charge in [-0.25, -0.2) is 4.39 Å². The van der Waals surface area contributed by atoms with Crippen molar-refractivity contribution in [2.24, 2.45) is 0 Å². The molecule has 0 saturated heterocycles. The summed E-state index contributed by atoms with van der Waals surface area (Å²) in [5.74, 6) is -0.267. The molecule has 0 unspecified atom stereocenters. The molecule has 3 heteroatoms. The van der Waals surface area contributed by atoms with Gasteiger partial charge in [-0.3, -0.25) is 4.79 Å². The highest BCUT2D eigenvalue weighted by Crippen LogP contribution is 2.25. The average Bonchev–Trinajstić information content (AvgIpc) is 2.49. The van der Waals surface area contributed by atoms with Crippen LogP contribution in [0.1, 0.15) is 24.2 Å². The van der Waals surface area contributed by atoms with E-state index in [1.165, 1.54) is 12.1 Å². The van der Waals surface area contributed by atoms with Gasteiger partial charge in [0, 0.05) is 18.7 Å². The lowest BCUT2D eigenvalue weighted by Crippen LogP contribution is -2.30. The van der Waals surface area contributed by atoms with Crippen molar-refractivity contribution >= 4 is 5.91 Å². The smallest absolute Gasteiger partial charge is 0.254 e. The first-order valence-corrected chi connectivity index (χ1v) is 6.81. The molecule has 104 valence electrons. The molecule has 0 spiro atoms. The van der Waals surface area contributed by atoms with Crippen molar-refractivity contribution in [3.63, 3.8) is 0 Å². The maximum absolute atomic E-state index is 13.0. The van der Waals surface area contributed by atoms with E-state index >= 15 is 0 Å². The molecule has 2 nitrogen and oxygen atoms in total. The average molecular weight is 271 g/mol. The van der Waals surface area contributed by atoms with E-state index in [0.29, 0.717) is 18.7 Å². The first kappa shape index (κ1) is 14.3. The molecule has 1 amide bonds. The number of hydrogen-bond acceptors (Lipinski definition) is 1. The highest BCUT2D eigenvalue weighted by Gasteiger charge is 2.16. The lowest BCUT2D eigenvalue weighted by Gasteiger charge is -2.20. The molecule has 0 atom stereocenters. The van der Waals surface area contributed by atoms with Crippen LogP contribution in [0.2, 0.25) is 0 Å². The molecule has 2 aromatic rings. The molecule has 0 radical (unpaired) electrons. The Bertz CT molecular complexity index is 588. The van der Waals surface area contributed by atoms with Crippen molar-refractivity contribution < 1.29 is 9.18 Å². The molecule has 0 aliphatic rings. The lowest BCUT2D eigenvalue weighted by atomic mass is 9.99. The Labute approximate surface area is 118 Å². The highest BCUT2D eigenvalue weighted by atomic mass is 19.1. The van der Waals surface area contributed by atoms with Crippen LogP contribution in [0.3, 0.4) is 0 Å². The summed E-state index contributed by atoms with van der Waals surface area (Å²) in [6.07, 6.45) is 0. The van der Waals surface area contributed by atoms with Crippen molar-refractivity contribution in [2.75, 3.05) is 13.1 Å². The fourth-order valence-electron chi connectivity index (χ4n) is 2.23. The monoisotopic (exact) mass is 271 g/mol. The second-order valence-electron chi connectivity index (χ2n) is 4.53. The summed E-state index contributed by atoms with van der Waals surface area (Å²) in [5, 5.41) is 0. The summed E-state index contributed by atoms with van der Waals surface area (Å²) in [6.45, 7) is 5.27. The topological polar surface area (TPSA) is 20.3 Å². The minimum Gasteiger partial charge on any atom is -0.339 e. The number of hydrogen-bond donors (Lipinski definition) is 0. The zero-order chi connectivity index (χ0) is 14.5. The molecule has 0 aromatic heterocycles. The van der Waals surface area contributed by atoms with E-state index in [2.05, 4.69) is 0 Å². The number of benzene rings is 2. The SMILES string of the molecule is CCN(CC)C(=O)c1ccccc1-c1ccc(F)cc1. The van der Waals surface area contributed by atoms with Crippen LogP contribution in [0, 0.1) is 5.82 Å². The number of amides is 1. The summed E-state index contributed by atoms with van der Waals surface area (Å²) in [5.41, 5.74) is 2.34. The maximum Gasteiger partial charge on any atom is 0.254 e. The van der Waals surface area contributed by atoms with Crippen LogP contribution in [0.25, 0.3) is 11.1 Å². The summed E-state index contributed by atoms with van der Waals surface area (Å²) in [4.78, 5) is 14.3. The third-order valence-electron chi connectivity index (χ3n) is 3.36. The van der Waals surface area contributed by atoms with E-state index in [1.54, 1.807) is 17.0 Å². The van der Waals surface area contributed by atoms with Gasteiger partial charge in [-0.05, 0) is 43.2 Å². The second kappa shape index (κ2) is 6.33. The Morgan fingerprint density at radius 2 is 1.60 bits per heavy atom. The summed E-state index contributed by atoms with van der Waals surface area (Å²) in [7, 11) is 0. The van der Waals surface area contributed by atoms with Crippen LogP contribution in [-0.4, -0.2) is 23.9 Å². The normalized spacial score (nSPS) is 10.3. The van der Waals surface area contributed by atoms with Gasteiger partial charge in [0.1, 0.15) is 5.82 Å². The van der Waals surface area contributed by atoms with Gasteiger partial charge < -0.3 is 4.90 Å². The first-order valence-electron chi connectivity index (χ1n) is 6.81. The Hall–Kier alpha value is -2.16. The molecular formula is C17H18FNO. The molecule has 20 heavy (non-hydrogen) atoms. The predicted molar refractivity (Wildman–Crippen MR) is 79.1 cm³/mol. The van der Waals surface area contributed by atoms with Crippen LogP contribution in [0.4, 0.5) is 4.39 Å². The van der Waals surface area contributed by atoms with E-state index in [4.69, 9.17) is 0 Å². The Kier molecular flexibility index (Phi) is 4.51. The summed E-state index contributed by atoms with van der Waals surface area (Å²) < 4.78 is 13.0. The van der Waals surface area contributed by atoms with Crippen molar-refractivity contribution in [2.45, 2.75) is 13.8 Å². The molecule has 2 aromatic carbocycles.